The van der Waals surface area contributed by atoms with Crippen molar-refractivity contribution in [2.75, 3.05) is 11.1 Å². The van der Waals surface area contributed by atoms with Gasteiger partial charge >= 0.3 is 4.87 Å². The molecule has 2 heterocycles. The fourth-order valence-corrected chi connectivity index (χ4v) is 2.00. The largest absolute Gasteiger partial charge is 0.384 e. The first-order valence-electron chi connectivity index (χ1n) is 5.59. The van der Waals surface area contributed by atoms with Crippen LogP contribution in [0.4, 0.5) is 11.6 Å². The van der Waals surface area contributed by atoms with Gasteiger partial charge in [-0.1, -0.05) is 25.2 Å². The molecule has 0 aliphatic rings. The molecule has 0 spiro atoms. The zero-order valence-corrected chi connectivity index (χ0v) is 11.0. The first kappa shape index (κ1) is 12.6. The summed E-state index contributed by atoms with van der Waals surface area (Å²) in [6, 6.07) is 1.68. The van der Waals surface area contributed by atoms with Crippen molar-refractivity contribution in [3.05, 3.63) is 32.6 Å². The smallest absolute Gasteiger partial charge is 0.304 e. The van der Waals surface area contributed by atoms with Gasteiger partial charge in [0.15, 0.2) is 0 Å². The van der Waals surface area contributed by atoms with E-state index in [4.69, 9.17) is 5.73 Å². The van der Waals surface area contributed by atoms with Gasteiger partial charge in [-0.3, -0.25) is 4.79 Å². The Bertz CT molecular complexity index is 589. The first-order valence-corrected chi connectivity index (χ1v) is 6.47. The predicted molar refractivity (Wildman–Crippen MR) is 72.8 cm³/mol. The van der Waals surface area contributed by atoms with Gasteiger partial charge in [0, 0.05) is 23.1 Å². The molecule has 0 radical (unpaired) electrons. The third-order valence-electron chi connectivity index (χ3n) is 2.31. The average molecular weight is 265 g/mol. The Morgan fingerprint density at radius 2 is 2.28 bits per heavy atom. The Kier molecular flexibility index (Phi) is 3.61. The van der Waals surface area contributed by atoms with E-state index < -0.39 is 0 Å². The summed E-state index contributed by atoms with van der Waals surface area (Å²) in [6.45, 7) is 4.52. The summed E-state index contributed by atoms with van der Waals surface area (Å²) < 4.78 is 0. The highest BCUT2D eigenvalue weighted by Gasteiger charge is 2.06. The number of anilines is 2. The highest BCUT2D eigenvalue weighted by Crippen LogP contribution is 2.15. The Morgan fingerprint density at radius 1 is 1.50 bits per heavy atom. The van der Waals surface area contributed by atoms with Crippen LogP contribution in [0.5, 0.6) is 0 Å². The summed E-state index contributed by atoms with van der Waals surface area (Å²) in [5, 5.41) is 4.90. The van der Waals surface area contributed by atoms with Crippen molar-refractivity contribution in [3.63, 3.8) is 0 Å². The Morgan fingerprint density at radius 3 is 2.89 bits per heavy atom. The second kappa shape index (κ2) is 5.18. The van der Waals surface area contributed by atoms with E-state index in [-0.39, 0.29) is 10.8 Å². The first-order chi connectivity index (χ1) is 8.54. The molecule has 2 rings (SSSR count). The molecule has 0 saturated heterocycles. The predicted octanol–water partition coefficient (Wildman–Crippen LogP) is 1.54. The van der Waals surface area contributed by atoms with Gasteiger partial charge in [-0.2, -0.15) is 0 Å². The monoisotopic (exact) mass is 265 g/mol. The van der Waals surface area contributed by atoms with Crippen molar-refractivity contribution >= 4 is 23.0 Å². The fourth-order valence-electron chi connectivity index (χ4n) is 1.42. The van der Waals surface area contributed by atoms with Crippen LogP contribution in [-0.2, 0) is 6.54 Å². The van der Waals surface area contributed by atoms with Crippen LogP contribution < -0.4 is 15.9 Å². The molecule has 0 fully saturated rings. The van der Waals surface area contributed by atoms with E-state index in [2.05, 4.69) is 20.3 Å². The quantitative estimate of drug-likeness (QED) is 0.779. The maximum atomic E-state index is 11.0. The van der Waals surface area contributed by atoms with Gasteiger partial charge in [0.2, 0.25) is 0 Å². The van der Waals surface area contributed by atoms with Crippen molar-refractivity contribution in [1.82, 2.24) is 15.0 Å². The molecule has 0 atom stereocenters. The van der Waals surface area contributed by atoms with Crippen LogP contribution >= 0.6 is 11.3 Å². The molecular weight excluding hydrogens is 250 g/mol. The number of H-pyrrole nitrogens is 1. The van der Waals surface area contributed by atoms with Crippen LogP contribution in [0.3, 0.4) is 0 Å². The van der Waals surface area contributed by atoms with Gasteiger partial charge in [-0.25, -0.2) is 9.97 Å². The van der Waals surface area contributed by atoms with Gasteiger partial charge in [-0.05, 0) is 0 Å². The highest BCUT2D eigenvalue weighted by atomic mass is 32.1. The van der Waals surface area contributed by atoms with Gasteiger partial charge in [0.25, 0.3) is 0 Å². The van der Waals surface area contributed by atoms with Crippen LogP contribution in [0.25, 0.3) is 0 Å². The molecule has 0 aliphatic heterocycles. The molecule has 2 aromatic heterocycles. The molecule has 0 amide bonds. The van der Waals surface area contributed by atoms with Crippen LogP contribution in [0.2, 0.25) is 0 Å². The van der Waals surface area contributed by atoms with Crippen LogP contribution in [0.1, 0.15) is 31.3 Å². The van der Waals surface area contributed by atoms with Crippen molar-refractivity contribution in [2.24, 2.45) is 0 Å². The summed E-state index contributed by atoms with van der Waals surface area (Å²) in [7, 11) is 0. The van der Waals surface area contributed by atoms with E-state index >= 15 is 0 Å². The number of nitrogen functional groups attached to an aromatic ring is 1. The summed E-state index contributed by atoms with van der Waals surface area (Å²) in [5.41, 5.74) is 6.55. The number of rotatable bonds is 4. The molecule has 6 nitrogen and oxygen atoms in total. The van der Waals surface area contributed by atoms with E-state index in [0.717, 1.165) is 17.0 Å². The van der Waals surface area contributed by atoms with E-state index in [0.29, 0.717) is 24.0 Å². The molecule has 0 aromatic carbocycles. The summed E-state index contributed by atoms with van der Waals surface area (Å²) >= 11 is 1.14. The molecule has 0 unspecified atom stereocenters. The molecule has 2 aromatic rings. The number of nitrogens with zero attached hydrogens (tertiary/aromatic N) is 2. The van der Waals surface area contributed by atoms with Crippen molar-refractivity contribution in [2.45, 2.75) is 26.3 Å². The normalized spacial score (nSPS) is 10.8. The van der Waals surface area contributed by atoms with Gasteiger partial charge in [0.1, 0.15) is 17.5 Å². The minimum Gasteiger partial charge on any atom is -0.384 e. The maximum absolute atomic E-state index is 11.0. The molecule has 0 saturated carbocycles. The molecule has 18 heavy (non-hydrogen) atoms. The Balaban J connectivity index is 2.11. The third kappa shape index (κ3) is 3.07. The van der Waals surface area contributed by atoms with E-state index in [1.54, 1.807) is 11.4 Å². The minimum absolute atomic E-state index is 0.0585. The summed E-state index contributed by atoms with van der Waals surface area (Å²) in [6.07, 6.45) is 0. The second-order valence-corrected chi connectivity index (χ2v) is 5.06. The topological polar surface area (TPSA) is 96.7 Å². The third-order valence-corrected chi connectivity index (χ3v) is 3.03. The SMILES string of the molecule is CC(C)c1nc(N)cc(NCc2csc(=O)[nH]2)n1. The Labute approximate surface area is 108 Å². The molecule has 4 N–H and O–H groups in total. The van der Waals surface area contributed by atoms with E-state index in [9.17, 15) is 4.79 Å². The molecule has 0 bridgehead atoms. The number of hydrogen-bond acceptors (Lipinski definition) is 6. The zero-order valence-electron chi connectivity index (χ0n) is 10.2. The zero-order chi connectivity index (χ0) is 13.1. The molecule has 96 valence electrons. The van der Waals surface area contributed by atoms with Crippen molar-refractivity contribution in [3.8, 4) is 0 Å². The Hall–Kier alpha value is -1.89. The van der Waals surface area contributed by atoms with Crippen LogP contribution in [-0.4, -0.2) is 15.0 Å². The lowest BCUT2D eigenvalue weighted by molar-refractivity contribution is 0.776. The molecule has 0 aliphatic carbocycles. The lowest BCUT2D eigenvalue weighted by atomic mass is 10.2. The van der Waals surface area contributed by atoms with Crippen molar-refractivity contribution < 1.29 is 0 Å². The second-order valence-electron chi connectivity index (χ2n) is 4.22. The lowest BCUT2D eigenvalue weighted by Gasteiger charge is -2.09. The van der Waals surface area contributed by atoms with E-state index in [1.807, 2.05) is 13.8 Å². The number of aromatic nitrogens is 3. The van der Waals surface area contributed by atoms with Crippen LogP contribution in [0, 0.1) is 0 Å². The summed E-state index contributed by atoms with van der Waals surface area (Å²) in [5.74, 6) is 2.03. The van der Waals surface area contributed by atoms with Gasteiger partial charge in [-0.15, -0.1) is 0 Å². The molecule has 7 heteroatoms. The number of hydrogen-bond donors (Lipinski definition) is 3. The standard InChI is InChI=1S/C11H15N5OS/c1-6(2)10-15-8(12)3-9(16-10)13-4-7-5-18-11(17)14-7/h3,5-6H,4H2,1-2H3,(H,14,17)(H3,12,13,15,16). The number of nitrogens with two attached hydrogens (primary N) is 1. The maximum Gasteiger partial charge on any atom is 0.304 e. The summed E-state index contributed by atoms with van der Waals surface area (Å²) in [4.78, 5) is 22.2. The van der Waals surface area contributed by atoms with Crippen LogP contribution in [0.15, 0.2) is 16.2 Å². The highest BCUT2D eigenvalue weighted by molar-refractivity contribution is 7.07. The van der Waals surface area contributed by atoms with Gasteiger partial charge in [0.05, 0.1) is 6.54 Å². The lowest BCUT2D eigenvalue weighted by Crippen LogP contribution is -2.08. The van der Waals surface area contributed by atoms with Crippen molar-refractivity contribution in [1.29, 1.82) is 0 Å². The average Bonchev–Trinajstić information content (AvgIpc) is 2.72. The minimum atomic E-state index is -0.0585. The van der Waals surface area contributed by atoms with E-state index in [1.165, 1.54) is 0 Å². The fraction of sp³-hybridized carbons (Fsp3) is 0.364. The number of aromatic amines is 1. The molecular formula is C11H15N5OS. The van der Waals surface area contributed by atoms with Gasteiger partial charge < -0.3 is 16.0 Å². The number of nitrogens with one attached hydrogen (secondary N) is 2. The number of thiazole rings is 1.